The number of thioether (sulfide) groups is 1. The van der Waals surface area contributed by atoms with Crippen LogP contribution in [-0.4, -0.2) is 36.6 Å². The monoisotopic (exact) mass is 346 g/mol. The van der Waals surface area contributed by atoms with Gasteiger partial charge in [0.1, 0.15) is 5.76 Å². The SMILES string of the molecule is O=C(Nc1ccc2c(c1)OCO2)N1CCSC(c2ccco2)CC1. The zero-order chi connectivity index (χ0) is 16.4. The minimum atomic E-state index is -0.0884. The summed E-state index contributed by atoms with van der Waals surface area (Å²) in [5.41, 5.74) is 0.712. The molecule has 2 aromatic rings. The van der Waals surface area contributed by atoms with Crippen LogP contribution in [0.2, 0.25) is 0 Å². The van der Waals surface area contributed by atoms with Crippen LogP contribution in [0.1, 0.15) is 17.4 Å². The quantitative estimate of drug-likeness (QED) is 0.898. The molecular formula is C17H18N2O4S. The molecule has 6 nitrogen and oxygen atoms in total. The zero-order valence-corrected chi connectivity index (χ0v) is 13.9. The van der Waals surface area contributed by atoms with Crippen molar-refractivity contribution >= 4 is 23.5 Å². The van der Waals surface area contributed by atoms with Crippen LogP contribution in [0.4, 0.5) is 10.5 Å². The minimum Gasteiger partial charge on any atom is -0.468 e. The van der Waals surface area contributed by atoms with Crippen LogP contribution in [0.3, 0.4) is 0 Å². The Morgan fingerprint density at radius 3 is 3.00 bits per heavy atom. The number of benzene rings is 1. The molecule has 1 aromatic heterocycles. The highest BCUT2D eigenvalue weighted by atomic mass is 32.2. The van der Waals surface area contributed by atoms with Crippen LogP contribution in [0.15, 0.2) is 41.0 Å². The second kappa shape index (κ2) is 6.68. The van der Waals surface area contributed by atoms with E-state index in [4.69, 9.17) is 13.9 Å². The Bertz CT molecular complexity index is 719. The van der Waals surface area contributed by atoms with Crippen LogP contribution in [0.5, 0.6) is 11.5 Å². The summed E-state index contributed by atoms with van der Waals surface area (Å²) in [6.45, 7) is 1.65. The topological polar surface area (TPSA) is 63.9 Å². The maximum Gasteiger partial charge on any atom is 0.321 e. The first kappa shape index (κ1) is 15.3. The van der Waals surface area contributed by atoms with Crippen molar-refractivity contribution in [3.63, 3.8) is 0 Å². The molecule has 1 saturated heterocycles. The van der Waals surface area contributed by atoms with Crippen molar-refractivity contribution in [3.8, 4) is 11.5 Å². The molecule has 0 radical (unpaired) electrons. The Labute approximate surface area is 144 Å². The fraction of sp³-hybridized carbons (Fsp3) is 0.353. The molecule has 1 unspecified atom stereocenters. The summed E-state index contributed by atoms with van der Waals surface area (Å²) in [5.74, 6) is 3.25. The number of urea groups is 1. The summed E-state index contributed by atoms with van der Waals surface area (Å²) in [6.07, 6.45) is 2.58. The van der Waals surface area contributed by atoms with Crippen LogP contribution in [0.25, 0.3) is 0 Å². The highest BCUT2D eigenvalue weighted by molar-refractivity contribution is 7.99. The lowest BCUT2D eigenvalue weighted by atomic mass is 10.2. The Morgan fingerprint density at radius 2 is 2.12 bits per heavy atom. The molecule has 2 aliphatic heterocycles. The molecule has 1 atom stereocenters. The summed E-state index contributed by atoms with van der Waals surface area (Å²) < 4.78 is 16.1. The lowest BCUT2D eigenvalue weighted by Gasteiger charge is -2.20. The largest absolute Gasteiger partial charge is 0.468 e. The smallest absolute Gasteiger partial charge is 0.321 e. The van der Waals surface area contributed by atoms with Crippen molar-refractivity contribution in [2.24, 2.45) is 0 Å². The molecule has 1 fully saturated rings. The highest BCUT2D eigenvalue weighted by Crippen LogP contribution is 2.36. The van der Waals surface area contributed by atoms with Crippen LogP contribution >= 0.6 is 11.8 Å². The molecule has 24 heavy (non-hydrogen) atoms. The summed E-state index contributed by atoms with van der Waals surface area (Å²) in [7, 11) is 0. The number of ether oxygens (including phenoxy) is 2. The summed E-state index contributed by atoms with van der Waals surface area (Å²) in [4.78, 5) is 14.4. The number of hydrogen-bond donors (Lipinski definition) is 1. The van der Waals surface area contributed by atoms with E-state index in [9.17, 15) is 4.79 Å². The first-order valence-corrected chi connectivity index (χ1v) is 8.95. The third kappa shape index (κ3) is 3.17. The van der Waals surface area contributed by atoms with Gasteiger partial charge in [0.15, 0.2) is 11.5 Å². The predicted octanol–water partition coefficient (Wildman–Crippen LogP) is 3.72. The summed E-state index contributed by atoms with van der Waals surface area (Å²) in [5, 5.41) is 3.25. The van der Waals surface area contributed by atoms with Crippen molar-refractivity contribution in [2.75, 3.05) is 31.0 Å². The van der Waals surface area contributed by atoms with Gasteiger partial charge in [-0.05, 0) is 30.7 Å². The molecule has 2 aliphatic rings. The van der Waals surface area contributed by atoms with Gasteiger partial charge >= 0.3 is 6.03 Å². The molecular weight excluding hydrogens is 328 g/mol. The Balaban J connectivity index is 1.38. The molecule has 0 aliphatic carbocycles. The van der Waals surface area contributed by atoms with Crippen molar-refractivity contribution in [3.05, 3.63) is 42.4 Å². The number of anilines is 1. The fourth-order valence-electron chi connectivity index (χ4n) is 2.85. The molecule has 7 heteroatoms. The Morgan fingerprint density at radius 1 is 1.21 bits per heavy atom. The maximum atomic E-state index is 12.5. The van der Waals surface area contributed by atoms with E-state index in [0.29, 0.717) is 29.0 Å². The molecule has 0 bridgehead atoms. The van der Waals surface area contributed by atoms with Crippen molar-refractivity contribution in [1.82, 2.24) is 4.90 Å². The van der Waals surface area contributed by atoms with Crippen molar-refractivity contribution in [1.29, 1.82) is 0 Å². The van der Waals surface area contributed by atoms with Gasteiger partial charge in [0.25, 0.3) is 0 Å². The Kier molecular flexibility index (Phi) is 4.25. The van der Waals surface area contributed by atoms with Gasteiger partial charge in [-0.1, -0.05) is 0 Å². The van der Waals surface area contributed by atoms with E-state index in [2.05, 4.69) is 5.32 Å². The lowest BCUT2D eigenvalue weighted by molar-refractivity contribution is 0.174. The molecule has 4 rings (SSSR count). The van der Waals surface area contributed by atoms with Gasteiger partial charge in [0.05, 0.1) is 11.5 Å². The number of nitrogens with one attached hydrogen (secondary N) is 1. The van der Waals surface area contributed by atoms with Crippen molar-refractivity contribution in [2.45, 2.75) is 11.7 Å². The number of fused-ring (bicyclic) bond motifs is 1. The number of nitrogens with zero attached hydrogens (tertiary/aromatic N) is 1. The highest BCUT2D eigenvalue weighted by Gasteiger charge is 2.24. The van der Waals surface area contributed by atoms with Crippen LogP contribution in [-0.2, 0) is 0 Å². The lowest BCUT2D eigenvalue weighted by Crippen LogP contribution is -2.36. The predicted molar refractivity (Wildman–Crippen MR) is 91.7 cm³/mol. The third-order valence-electron chi connectivity index (χ3n) is 4.11. The standard InChI is InChI=1S/C17H18N2O4S/c20-17(18-12-3-4-13-15(10-12)23-11-22-13)19-6-5-16(24-9-7-19)14-2-1-8-21-14/h1-4,8,10,16H,5-7,9,11H2,(H,18,20). The fourth-order valence-corrected chi connectivity index (χ4v) is 4.03. The van der Waals surface area contributed by atoms with E-state index in [1.54, 1.807) is 12.3 Å². The van der Waals surface area contributed by atoms with E-state index in [-0.39, 0.29) is 12.8 Å². The van der Waals surface area contributed by atoms with E-state index in [1.165, 1.54) is 0 Å². The number of hydrogen-bond acceptors (Lipinski definition) is 5. The van der Waals surface area contributed by atoms with Gasteiger partial charge in [0, 0.05) is 30.6 Å². The normalized spacial score (nSPS) is 19.8. The molecule has 126 valence electrons. The minimum absolute atomic E-state index is 0.0884. The second-order valence-electron chi connectivity index (χ2n) is 5.65. The van der Waals surface area contributed by atoms with E-state index in [1.807, 2.05) is 40.9 Å². The van der Waals surface area contributed by atoms with Gasteiger partial charge in [-0.15, -0.1) is 11.8 Å². The molecule has 1 N–H and O–H groups in total. The van der Waals surface area contributed by atoms with Gasteiger partial charge in [0.2, 0.25) is 6.79 Å². The summed E-state index contributed by atoms with van der Waals surface area (Å²) >= 11 is 1.83. The second-order valence-corrected chi connectivity index (χ2v) is 6.96. The average Bonchev–Trinajstić information content (AvgIpc) is 3.22. The third-order valence-corrected chi connectivity index (χ3v) is 5.40. The number of rotatable bonds is 2. The van der Waals surface area contributed by atoms with E-state index >= 15 is 0 Å². The molecule has 0 spiro atoms. The average molecular weight is 346 g/mol. The number of furan rings is 1. The molecule has 2 amide bonds. The Hall–Kier alpha value is -2.28. The molecule has 1 aromatic carbocycles. The first-order chi connectivity index (χ1) is 11.8. The number of carbonyl (C=O) groups excluding carboxylic acids is 1. The van der Waals surface area contributed by atoms with Gasteiger partial charge < -0.3 is 24.1 Å². The zero-order valence-electron chi connectivity index (χ0n) is 13.1. The molecule has 3 heterocycles. The van der Waals surface area contributed by atoms with Crippen molar-refractivity contribution < 1.29 is 18.7 Å². The number of carbonyl (C=O) groups is 1. The van der Waals surface area contributed by atoms with E-state index < -0.39 is 0 Å². The van der Waals surface area contributed by atoms with Gasteiger partial charge in [-0.3, -0.25) is 0 Å². The summed E-state index contributed by atoms with van der Waals surface area (Å²) in [6, 6.07) is 9.24. The van der Waals surface area contributed by atoms with Crippen LogP contribution in [0, 0.1) is 0 Å². The van der Waals surface area contributed by atoms with Gasteiger partial charge in [-0.2, -0.15) is 0 Å². The van der Waals surface area contributed by atoms with Gasteiger partial charge in [-0.25, -0.2) is 4.79 Å². The first-order valence-electron chi connectivity index (χ1n) is 7.90. The van der Waals surface area contributed by atoms with Crippen LogP contribution < -0.4 is 14.8 Å². The number of amides is 2. The molecule has 0 saturated carbocycles. The van der Waals surface area contributed by atoms with E-state index in [0.717, 1.165) is 24.5 Å². The maximum absolute atomic E-state index is 12.5.